The molecule has 1 aromatic heterocycles. The van der Waals surface area contributed by atoms with Gasteiger partial charge in [-0.25, -0.2) is 4.79 Å². The van der Waals surface area contributed by atoms with Crippen LogP contribution in [0, 0.1) is 0 Å². The van der Waals surface area contributed by atoms with Crippen molar-refractivity contribution in [2.24, 2.45) is 0 Å². The van der Waals surface area contributed by atoms with Crippen molar-refractivity contribution in [1.29, 1.82) is 0 Å². The second-order valence-corrected chi connectivity index (χ2v) is 4.93. The second-order valence-electron chi connectivity index (χ2n) is 4.93. The van der Waals surface area contributed by atoms with Crippen molar-refractivity contribution in [3.63, 3.8) is 0 Å². The molecule has 0 unspecified atom stereocenters. The summed E-state index contributed by atoms with van der Waals surface area (Å²) in [6.07, 6.45) is 2.27. The Labute approximate surface area is 123 Å². The van der Waals surface area contributed by atoms with Gasteiger partial charge in [0, 0.05) is 26.8 Å². The van der Waals surface area contributed by atoms with Crippen LogP contribution in [0.5, 0.6) is 0 Å². The standard InChI is InChI=1S/C14H21N3O4/c1-4-7-17(9-12(18)15(2)3)13(19)10-16-8-5-6-11(16)14(20)21/h5-6,8H,4,7,9-10H2,1-3H3,(H,20,21). The van der Waals surface area contributed by atoms with E-state index in [9.17, 15) is 14.4 Å². The first-order valence-corrected chi connectivity index (χ1v) is 6.73. The molecular formula is C14H21N3O4. The number of carboxylic acids is 1. The third kappa shape index (κ3) is 4.62. The molecule has 1 heterocycles. The van der Waals surface area contributed by atoms with Gasteiger partial charge < -0.3 is 19.5 Å². The summed E-state index contributed by atoms with van der Waals surface area (Å²) in [7, 11) is 3.26. The fourth-order valence-electron chi connectivity index (χ4n) is 1.86. The third-order valence-corrected chi connectivity index (χ3v) is 3.03. The molecule has 0 aliphatic rings. The molecule has 0 radical (unpaired) electrons. The van der Waals surface area contributed by atoms with Gasteiger partial charge in [-0.15, -0.1) is 0 Å². The quantitative estimate of drug-likeness (QED) is 0.794. The number of likely N-dealkylation sites (N-methyl/N-ethyl adjacent to an activating group) is 1. The molecule has 0 aliphatic heterocycles. The van der Waals surface area contributed by atoms with E-state index in [2.05, 4.69) is 0 Å². The topological polar surface area (TPSA) is 82.9 Å². The van der Waals surface area contributed by atoms with Crippen molar-refractivity contribution in [1.82, 2.24) is 14.4 Å². The van der Waals surface area contributed by atoms with Crippen LogP contribution in [0.1, 0.15) is 23.8 Å². The van der Waals surface area contributed by atoms with E-state index in [-0.39, 0.29) is 30.6 Å². The minimum Gasteiger partial charge on any atom is -0.477 e. The Morgan fingerprint density at radius 3 is 2.43 bits per heavy atom. The van der Waals surface area contributed by atoms with E-state index in [1.54, 1.807) is 26.4 Å². The number of hydrogen-bond acceptors (Lipinski definition) is 3. The fourth-order valence-corrected chi connectivity index (χ4v) is 1.86. The molecule has 0 saturated heterocycles. The van der Waals surface area contributed by atoms with Gasteiger partial charge >= 0.3 is 5.97 Å². The molecule has 21 heavy (non-hydrogen) atoms. The number of rotatable bonds is 7. The zero-order chi connectivity index (χ0) is 16.0. The summed E-state index contributed by atoms with van der Waals surface area (Å²) >= 11 is 0. The van der Waals surface area contributed by atoms with Crippen molar-refractivity contribution >= 4 is 17.8 Å². The Balaban J connectivity index is 2.79. The lowest BCUT2D eigenvalue weighted by molar-refractivity contribution is -0.139. The van der Waals surface area contributed by atoms with Crippen LogP contribution >= 0.6 is 0 Å². The van der Waals surface area contributed by atoms with Crippen LogP contribution < -0.4 is 0 Å². The third-order valence-electron chi connectivity index (χ3n) is 3.03. The Morgan fingerprint density at radius 1 is 1.24 bits per heavy atom. The SMILES string of the molecule is CCCN(CC(=O)N(C)C)C(=O)Cn1cccc1C(=O)O. The monoisotopic (exact) mass is 295 g/mol. The molecule has 2 amide bonds. The average Bonchev–Trinajstić information content (AvgIpc) is 2.86. The maximum Gasteiger partial charge on any atom is 0.352 e. The largest absolute Gasteiger partial charge is 0.477 e. The highest BCUT2D eigenvalue weighted by molar-refractivity contribution is 5.88. The van der Waals surface area contributed by atoms with Gasteiger partial charge in [0.15, 0.2) is 0 Å². The lowest BCUT2D eigenvalue weighted by atomic mass is 10.3. The molecule has 0 saturated carbocycles. The molecule has 0 atom stereocenters. The Kier molecular flexibility index (Phi) is 5.95. The van der Waals surface area contributed by atoms with E-state index in [0.29, 0.717) is 6.54 Å². The predicted octanol–water partition coefficient (Wildman–Crippen LogP) is 0.513. The van der Waals surface area contributed by atoms with Crippen LogP contribution in [-0.4, -0.2) is 64.4 Å². The summed E-state index contributed by atoms with van der Waals surface area (Å²) in [4.78, 5) is 37.9. The highest BCUT2D eigenvalue weighted by Crippen LogP contribution is 2.05. The summed E-state index contributed by atoms with van der Waals surface area (Å²) < 4.78 is 1.37. The summed E-state index contributed by atoms with van der Waals surface area (Å²) in [5.74, 6) is -1.52. The van der Waals surface area contributed by atoms with Crippen LogP contribution in [0.2, 0.25) is 0 Å². The molecule has 1 aromatic rings. The van der Waals surface area contributed by atoms with E-state index in [1.165, 1.54) is 20.4 Å². The van der Waals surface area contributed by atoms with Crippen molar-refractivity contribution in [3.8, 4) is 0 Å². The molecule has 116 valence electrons. The Bertz CT molecular complexity index is 522. The normalized spacial score (nSPS) is 10.2. The molecule has 0 aromatic carbocycles. The van der Waals surface area contributed by atoms with Gasteiger partial charge in [0.1, 0.15) is 12.2 Å². The molecule has 1 rings (SSSR count). The molecule has 0 spiro atoms. The fraction of sp³-hybridized carbons (Fsp3) is 0.500. The molecule has 7 nitrogen and oxygen atoms in total. The minimum atomic E-state index is -1.08. The first-order chi connectivity index (χ1) is 9.86. The minimum absolute atomic E-state index is 0.00332. The Morgan fingerprint density at radius 2 is 1.90 bits per heavy atom. The number of aromatic nitrogens is 1. The van der Waals surface area contributed by atoms with Gasteiger partial charge in [0.2, 0.25) is 11.8 Å². The van der Waals surface area contributed by atoms with Crippen LogP contribution in [0.25, 0.3) is 0 Å². The lowest BCUT2D eigenvalue weighted by Gasteiger charge is -2.23. The number of hydrogen-bond donors (Lipinski definition) is 1. The Hall–Kier alpha value is -2.31. The molecule has 0 bridgehead atoms. The van der Waals surface area contributed by atoms with Crippen molar-refractivity contribution < 1.29 is 19.5 Å². The van der Waals surface area contributed by atoms with Crippen LogP contribution in [0.3, 0.4) is 0 Å². The molecule has 7 heteroatoms. The maximum absolute atomic E-state index is 12.3. The number of carbonyl (C=O) groups is 3. The smallest absolute Gasteiger partial charge is 0.352 e. The molecular weight excluding hydrogens is 274 g/mol. The summed E-state index contributed by atoms with van der Waals surface area (Å²) in [5, 5.41) is 9.02. The number of carbonyl (C=O) groups excluding carboxylic acids is 2. The van der Waals surface area contributed by atoms with E-state index in [4.69, 9.17) is 5.11 Å². The van der Waals surface area contributed by atoms with Gasteiger partial charge in [-0.1, -0.05) is 6.92 Å². The number of nitrogens with zero attached hydrogens (tertiary/aromatic N) is 3. The van der Waals surface area contributed by atoms with Crippen LogP contribution in [0.4, 0.5) is 0 Å². The molecule has 1 N–H and O–H groups in total. The van der Waals surface area contributed by atoms with Crippen molar-refractivity contribution in [2.45, 2.75) is 19.9 Å². The van der Waals surface area contributed by atoms with Gasteiger partial charge in [-0.2, -0.15) is 0 Å². The van der Waals surface area contributed by atoms with Gasteiger partial charge in [0.05, 0.1) is 6.54 Å². The van der Waals surface area contributed by atoms with Gasteiger partial charge in [-0.3, -0.25) is 9.59 Å². The zero-order valence-electron chi connectivity index (χ0n) is 12.6. The van der Waals surface area contributed by atoms with E-state index in [0.717, 1.165) is 6.42 Å². The lowest BCUT2D eigenvalue weighted by Crippen LogP contribution is -2.42. The average molecular weight is 295 g/mol. The van der Waals surface area contributed by atoms with E-state index >= 15 is 0 Å². The summed E-state index contributed by atoms with van der Waals surface area (Å²) in [6, 6.07) is 3.01. The highest BCUT2D eigenvalue weighted by Gasteiger charge is 2.19. The summed E-state index contributed by atoms with van der Waals surface area (Å²) in [6.45, 7) is 2.29. The van der Waals surface area contributed by atoms with Crippen molar-refractivity contribution in [2.75, 3.05) is 27.2 Å². The van der Waals surface area contributed by atoms with Gasteiger partial charge in [-0.05, 0) is 18.6 Å². The maximum atomic E-state index is 12.3. The van der Waals surface area contributed by atoms with Crippen LogP contribution in [-0.2, 0) is 16.1 Å². The first kappa shape index (κ1) is 16.7. The number of amides is 2. The van der Waals surface area contributed by atoms with E-state index in [1.807, 2.05) is 6.92 Å². The van der Waals surface area contributed by atoms with Crippen molar-refractivity contribution in [3.05, 3.63) is 24.0 Å². The number of carboxylic acid groups (broad SMARTS) is 1. The summed E-state index contributed by atoms with van der Waals surface area (Å²) in [5.41, 5.74) is 0.0544. The first-order valence-electron chi connectivity index (χ1n) is 6.73. The van der Waals surface area contributed by atoms with Crippen LogP contribution in [0.15, 0.2) is 18.3 Å². The van der Waals surface area contributed by atoms with E-state index < -0.39 is 5.97 Å². The predicted molar refractivity (Wildman–Crippen MR) is 77.0 cm³/mol. The highest BCUT2D eigenvalue weighted by atomic mass is 16.4. The van der Waals surface area contributed by atoms with Gasteiger partial charge in [0.25, 0.3) is 0 Å². The second kappa shape index (κ2) is 7.47. The zero-order valence-corrected chi connectivity index (χ0v) is 12.6. The molecule has 0 fully saturated rings. The number of aromatic carboxylic acids is 1. The molecule has 0 aliphatic carbocycles.